The van der Waals surface area contributed by atoms with Crippen molar-refractivity contribution in [1.82, 2.24) is 0 Å². The van der Waals surface area contributed by atoms with E-state index in [0.29, 0.717) is 6.61 Å². The summed E-state index contributed by atoms with van der Waals surface area (Å²) in [5.74, 6) is 2.34. The standard InChI is InChI=1S/C21H15Cl2NO3S/c22-14-2-1-3-15-20(14)21(9-24(15)8-12-4-5-19(23)28-12)10-25-16-7-18-17(6-13(16)21)26-11-27-18/h1-7H,8-11H2. The number of anilines is 1. The largest absolute Gasteiger partial charge is 0.492 e. The zero-order chi connectivity index (χ0) is 18.9. The van der Waals surface area contributed by atoms with Crippen LogP contribution in [0.1, 0.15) is 16.0 Å². The van der Waals surface area contributed by atoms with Crippen molar-refractivity contribution in [2.75, 3.05) is 24.8 Å². The maximum absolute atomic E-state index is 6.74. The van der Waals surface area contributed by atoms with Crippen LogP contribution in [-0.4, -0.2) is 19.9 Å². The van der Waals surface area contributed by atoms with Crippen LogP contribution < -0.4 is 19.1 Å². The fourth-order valence-electron chi connectivity index (χ4n) is 4.54. The van der Waals surface area contributed by atoms with Gasteiger partial charge in [-0.15, -0.1) is 11.3 Å². The second-order valence-corrected chi connectivity index (χ2v) is 9.48. The Morgan fingerprint density at radius 1 is 1.00 bits per heavy atom. The molecule has 7 heteroatoms. The maximum atomic E-state index is 6.74. The van der Waals surface area contributed by atoms with Crippen LogP contribution in [0.5, 0.6) is 17.2 Å². The molecule has 0 bridgehead atoms. The summed E-state index contributed by atoms with van der Waals surface area (Å²) in [5, 5.41) is 0.762. The quantitative estimate of drug-likeness (QED) is 0.537. The first-order valence-corrected chi connectivity index (χ1v) is 10.6. The molecule has 142 valence electrons. The molecule has 0 radical (unpaired) electrons. The molecule has 0 saturated carbocycles. The minimum Gasteiger partial charge on any atom is -0.492 e. The molecule has 1 aromatic heterocycles. The second-order valence-electron chi connectivity index (χ2n) is 7.27. The third-order valence-corrected chi connectivity index (χ3v) is 7.24. The molecule has 6 rings (SSSR count). The molecule has 3 aliphatic heterocycles. The minimum atomic E-state index is -0.328. The molecule has 2 aromatic carbocycles. The molecule has 4 heterocycles. The van der Waals surface area contributed by atoms with Crippen LogP contribution in [0.2, 0.25) is 9.36 Å². The van der Waals surface area contributed by atoms with Crippen molar-refractivity contribution in [3.05, 3.63) is 67.8 Å². The van der Waals surface area contributed by atoms with Crippen molar-refractivity contribution in [3.63, 3.8) is 0 Å². The fraction of sp³-hybridized carbons (Fsp3) is 0.238. The monoisotopic (exact) mass is 431 g/mol. The van der Waals surface area contributed by atoms with Crippen molar-refractivity contribution in [2.24, 2.45) is 0 Å². The summed E-state index contributed by atoms with van der Waals surface area (Å²) in [6, 6.07) is 14.1. The van der Waals surface area contributed by atoms with E-state index in [2.05, 4.69) is 23.1 Å². The van der Waals surface area contributed by atoms with Crippen LogP contribution in [0.25, 0.3) is 0 Å². The number of halogens is 2. The number of hydrogen-bond acceptors (Lipinski definition) is 5. The highest BCUT2D eigenvalue weighted by atomic mass is 35.5. The average molecular weight is 432 g/mol. The third-order valence-electron chi connectivity index (χ3n) is 5.71. The zero-order valence-corrected chi connectivity index (χ0v) is 17.0. The van der Waals surface area contributed by atoms with E-state index >= 15 is 0 Å². The molecule has 1 atom stereocenters. The van der Waals surface area contributed by atoms with Crippen LogP contribution in [0.4, 0.5) is 5.69 Å². The van der Waals surface area contributed by atoms with Gasteiger partial charge in [0.15, 0.2) is 11.5 Å². The molecule has 1 unspecified atom stereocenters. The lowest BCUT2D eigenvalue weighted by atomic mass is 9.77. The minimum absolute atomic E-state index is 0.244. The molecule has 0 fully saturated rings. The number of nitrogens with zero attached hydrogens (tertiary/aromatic N) is 1. The van der Waals surface area contributed by atoms with Gasteiger partial charge in [-0.3, -0.25) is 0 Å². The van der Waals surface area contributed by atoms with Gasteiger partial charge in [0.25, 0.3) is 0 Å². The Balaban J connectivity index is 1.49. The normalized spacial score (nSPS) is 21.1. The Labute approximate surface area is 176 Å². The van der Waals surface area contributed by atoms with Gasteiger partial charge in [-0.25, -0.2) is 0 Å². The molecule has 3 aliphatic rings. The summed E-state index contributed by atoms with van der Waals surface area (Å²) < 4.78 is 18.1. The van der Waals surface area contributed by atoms with E-state index in [4.69, 9.17) is 37.4 Å². The van der Waals surface area contributed by atoms with E-state index in [1.165, 1.54) is 4.88 Å². The molecular formula is C21H15Cl2NO3S. The lowest BCUT2D eigenvalue weighted by Gasteiger charge is -2.25. The topological polar surface area (TPSA) is 30.9 Å². The van der Waals surface area contributed by atoms with Crippen molar-refractivity contribution < 1.29 is 14.2 Å². The first-order valence-electron chi connectivity index (χ1n) is 8.99. The van der Waals surface area contributed by atoms with Gasteiger partial charge in [0.05, 0.1) is 16.3 Å². The molecular weight excluding hydrogens is 417 g/mol. The maximum Gasteiger partial charge on any atom is 0.231 e. The molecule has 0 aliphatic carbocycles. The summed E-state index contributed by atoms with van der Waals surface area (Å²) in [6.45, 7) is 2.36. The molecule has 3 aromatic rings. The van der Waals surface area contributed by atoms with Gasteiger partial charge in [0.1, 0.15) is 12.4 Å². The Morgan fingerprint density at radius 3 is 2.68 bits per heavy atom. The Morgan fingerprint density at radius 2 is 1.86 bits per heavy atom. The van der Waals surface area contributed by atoms with Crippen LogP contribution in [0.15, 0.2) is 42.5 Å². The van der Waals surface area contributed by atoms with Crippen molar-refractivity contribution in [1.29, 1.82) is 0 Å². The van der Waals surface area contributed by atoms with E-state index in [0.717, 1.165) is 56.5 Å². The highest BCUT2D eigenvalue weighted by Gasteiger charge is 2.51. The second kappa shape index (κ2) is 5.96. The third kappa shape index (κ3) is 2.30. The molecule has 4 nitrogen and oxygen atoms in total. The van der Waals surface area contributed by atoms with E-state index < -0.39 is 0 Å². The molecule has 28 heavy (non-hydrogen) atoms. The average Bonchev–Trinajstić information content (AvgIpc) is 3.43. The fourth-order valence-corrected chi connectivity index (χ4v) is 5.99. The SMILES string of the molecule is Clc1ccc(CN2CC3(COc4cc5c(cc43)OCO5)c3c(Cl)cccc32)s1. The summed E-state index contributed by atoms with van der Waals surface area (Å²) in [4.78, 5) is 3.59. The van der Waals surface area contributed by atoms with Gasteiger partial charge in [-0.05, 0) is 30.3 Å². The van der Waals surface area contributed by atoms with Gasteiger partial charge in [-0.2, -0.15) is 0 Å². The number of fused-ring (bicyclic) bond motifs is 5. The molecule has 0 saturated heterocycles. The van der Waals surface area contributed by atoms with Gasteiger partial charge in [0.2, 0.25) is 6.79 Å². The molecule has 0 N–H and O–H groups in total. The predicted molar refractivity (Wildman–Crippen MR) is 111 cm³/mol. The summed E-state index contributed by atoms with van der Waals surface area (Å²) in [7, 11) is 0. The smallest absolute Gasteiger partial charge is 0.231 e. The molecule has 0 amide bonds. The first-order chi connectivity index (χ1) is 13.6. The van der Waals surface area contributed by atoms with Crippen molar-refractivity contribution >= 4 is 40.2 Å². The van der Waals surface area contributed by atoms with Crippen LogP contribution >= 0.6 is 34.5 Å². The number of benzene rings is 2. The number of ether oxygens (including phenoxy) is 3. The number of hydrogen-bond donors (Lipinski definition) is 0. The van der Waals surface area contributed by atoms with E-state index in [1.54, 1.807) is 11.3 Å². The Bertz CT molecular complexity index is 1120. The van der Waals surface area contributed by atoms with Crippen molar-refractivity contribution in [3.8, 4) is 17.2 Å². The molecule has 1 spiro atoms. The summed E-state index contributed by atoms with van der Waals surface area (Å²) in [5.41, 5.74) is 3.05. The lowest BCUT2D eigenvalue weighted by Crippen LogP contribution is -2.36. The van der Waals surface area contributed by atoms with Gasteiger partial charge in [0, 0.05) is 39.3 Å². The van der Waals surface area contributed by atoms with Crippen LogP contribution in [0, 0.1) is 0 Å². The van der Waals surface area contributed by atoms with Gasteiger partial charge >= 0.3 is 0 Å². The van der Waals surface area contributed by atoms with Crippen LogP contribution in [0.3, 0.4) is 0 Å². The first kappa shape index (κ1) is 16.8. The highest BCUT2D eigenvalue weighted by Crippen LogP contribution is 2.56. The Hall–Kier alpha value is -2.08. The predicted octanol–water partition coefficient (Wildman–Crippen LogP) is 5.48. The van der Waals surface area contributed by atoms with E-state index in [-0.39, 0.29) is 12.2 Å². The van der Waals surface area contributed by atoms with Crippen LogP contribution in [-0.2, 0) is 12.0 Å². The Kier molecular flexibility index (Phi) is 3.58. The zero-order valence-electron chi connectivity index (χ0n) is 14.7. The highest BCUT2D eigenvalue weighted by molar-refractivity contribution is 7.16. The summed E-state index contributed by atoms with van der Waals surface area (Å²) in [6.07, 6.45) is 0. The number of rotatable bonds is 2. The number of thiophene rings is 1. The summed E-state index contributed by atoms with van der Waals surface area (Å²) >= 11 is 14.5. The van der Waals surface area contributed by atoms with Crippen molar-refractivity contribution in [2.45, 2.75) is 12.0 Å². The van der Waals surface area contributed by atoms with E-state index in [9.17, 15) is 0 Å². The van der Waals surface area contributed by atoms with E-state index in [1.807, 2.05) is 24.3 Å². The van der Waals surface area contributed by atoms with Gasteiger partial charge < -0.3 is 19.1 Å². The van der Waals surface area contributed by atoms with Gasteiger partial charge in [-0.1, -0.05) is 29.3 Å². The lowest BCUT2D eigenvalue weighted by molar-refractivity contribution is 0.173.